The van der Waals surface area contributed by atoms with E-state index in [-0.39, 0.29) is 5.91 Å². The molecule has 1 N–H and O–H groups in total. The number of aromatic nitrogens is 3. The number of rotatable bonds is 7. The van der Waals surface area contributed by atoms with Crippen LogP contribution in [0.25, 0.3) is 10.7 Å². The Morgan fingerprint density at radius 2 is 1.86 bits per heavy atom. The Morgan fingerprint density at radius 1 is 1.07 bits per heavy atom. The summed E-state index contributed by atoms with van der Waals surface area (Å²) in [6, 6.07) is 14.7. The molecule has 0 bridgehead atoms. The Bertz CT molecular complexity index is 900. The monoisotopic (exact) mass is 426 g/mol. The lowest BCUT2D eigenvalue weighted by atomic mass is 10.1. The zero-order valence-electron chi connectivity index (χ0n) is 16.4. The van der Waals surface area contributed by atoms with Crippen molar-refractivity contribution in [3.63, 3.8) is 0 Å². The summed E-state index contributed by atoms with van der Waals surface area (Å²) >= 11 is 3.12. The van der Waals surface area contributed by atoms with Gasteiger partial charge in [0, 0.05) is 6.04 Å². The average molecular weight is 427 g/mol. The van der Waals surface area contributed by atoms with Crippen LogP contribution in [0.5, 0.6) is 0 Å². The summed E-state index contributed by atoms with van der Waals surface area (Å²) in [4.78, 5) is 13.6. The molecular weight excluding hydrogens is 400 g/mol. The maximum absolute atomic E-state index is 12.5. The molecule has 1 aliphatic rings. The number of hydrogen-bond acceptors (Lipinski definition) is 5. The number of carbonyl (C=O) groups excluding carboxylic acids is 1. The van der Waals surface area contributed by atoms with Crippen molar-refractivity contribution in [2.45, 2.75) is 56.3 Å². The number of thioether (sulfide) groups is 1. The zero-order valence-corrected chi connectivity index (χ0v) is 18.1. The SMILES string of the molecule is O=C(CSc1nnc(-c2cccs2)n1Cc1ccccc1)NC1CCCCCC1. The summed E-state index contributed by atoms with van der Waals surface area (Å²) in [6.07, 6.45) is 7.21. The van der Waals surface area contributed by atoms with Crippen molar-refractivity contribution in [1.82, 2.24) is 20.1 Å². The molecule has 1 fully saturated rings. The molecule has 5 nitrogen and oxygen atoms in total. The molecule has 0 aliphatic heterocycles. The summed E-state index contributed by atoms with van der Waals surface area (Å²) in [5, 5.41) is 14.9. The third-order valence-corrected chi connectivity index (χ3v) is 7.03. The van der Waals surface area contributed by atoms with Gasteiger partial charge in [-0.25, -0.2) is 0 Å². The van der Waals surface area contributed by atoms with Crippen LogP contribution in [0.15, 0.2) is 53.0 Å². The normalized spacial score (nSPS) is 15.2. The summed E-state index contributed by atoms with van der Waals surface area (Å²) in [6.45, 7) is 0.688. The minimum absolute atomic E-state index is 0.0915. The van der Waals surface area contributed by atoms with E-state index in [4.69, 9.17) is 0 Å². The van der Waals surface area contributed by atoms with Crippen molar-refractivity contribution < 1.29 is 4.79 Å². The molecule has 2 heterocycles. The third kappa shape index (κ3) is 5.48. The smallest absolute Gasteiger partial charge is 0.230 e. The Hall–Kier alpha value is -2.12. The predicted molar refractivity (Wildman–Crippen MR) is 119 cm³/mol. The van der Waals surface area contributed by atoms with Crippen molar-refractivity contribution in [3.8, 4) is 10.7 Å². The topological polar surface area (TPSA) is 59.8 Å². The van der Waals surface area contributed by atoms with Gasteiger partial charge in [-0.15, -0.1) is 21.5 Å². The quantitative estimate of drug-likeness (QED) is 0.427. The fraction of sp³-hybridized carbons (Fsp3) is 0.409. The molecule has 0 saturated heterocycles. The summed E-state index contributed by atoms with van der Waals surface area (Å²) in [5.41, 5.74) is 1.19. The van der Waals surface area contributed by atoms with Gasteiger partial charge in [-0.2, -0.15) is 0 Å². The van der Waals surface area contributed by atoms with Crippen molar-refractivity contribution in [1.29, 1.82) is 0 Å². The number of benzene rings is 1. The van der Waals surface area contributed by atoms with Gasteiger partial charge >= 0.3 is 0 Å². The van der Waals surface area contributed by atoms with Crippen LogP contribution < -0.4 is 5.32 Å². The number of hydrogen-bond donors (Lipinski definition) is 1. The molecule has 4 rings (SSSR count). The highest BCUT2D eigenvalue weighted by atomic mass is 32.2. The standard InChI is InChI=1S/C22H26N4OS2/c27-20(23-18-11-6-1-2-7-12-18)16-29-22-25-24-21(19-13-8-14-28-19)26(22)15-17-9-4-3-5-10-17/h3-5,8-10,13-14,18H,1-2,6-7,11-12,15-16H2,(H,23,27). The maximum Gasteiger partial charge on any atom is 0.230 e. The largest absolute Gasteiger partial charge is 0.353 e. The highest BCUT2D eigenvalue weighted by molar-refractivity contribution is 7.99. The molecular formula is C22H26N4OS2. The van der Waals surface area contributed by atoms with Crippen LogP contribution in [0.4, 0.5) is 0 Å². The average Bonchev–Trinajstić information content (AvgIpc) is 3.32. The highest BCUT2D eigenvalue weighted by Gasteiger charge is 2.18. The minimum atomic E-state index is 0.0915. The van der Waals surface area contributed by atoms with E-state index in [1.54, 1.807) is 11.3 Å². The number of nitrogens with zero attached hydrogens (tertiary/aromatic N) is 3. The van der Waals surface area contributed by atoms with Crippen molar-refractivity contribution in [3.05, 3.63) is 53.4 Å². The van der Waals surface area contributed by atoms with Crippen molar-refractivity contribution >= 4 is 29.0 Å². The number of nitrogens with one attached hydrogen (secondary N) is 1. The molecule has 2 aromatic heterocycles. The van der Waals surface area contributed by atoms with E-state index in [1.807, 2.05) is 29.6 Å². The minimum Gasteiger partial charge on any atom is -0.353 e. The second-order valence-electron chi connectivity index (χ2n) is 7.40. The van der Waals surface area contributed by atoms with Gasteiger partial charge in [0.2, 0.25) is 5.91 Å². The first-order valence-corrected chi connectivity index (χ1v) is 12.1. The molecule has 0 spiro atoms. The molecule has 0 unspecified atom stereocenters. The molecule has 3 aromatic rings. The van der Waals surface area contributed by atoms with E-state index < -0.39 is 0 Å². The number of thiophene rings is 1. The highest BCUT2D eigenvalue weighted by Crippen LogP contribution is 2.28. The molecule has 29 heavy (non-hydrogen) atoms. The lowest BCUT2D eigenvalue weighted by Crippen LogP contribution is -2.35. The van der Waals surface area contributed by atoms with Crippen LogP contribution in [-0.4, -0.2) is 32.5 Å². The third-order valence-electron chi connectivity index (χ3n) is 5.19. The van der Waals surface area contributed by atoms with Gasteiger partial charge in [0.1, 0.15) is 0 Å². The second kappa shape index (κ2) is 10.1. The number of carbonyl (C=O) groups is 1. The Balaban J connectivity index is 1.45. The lowest BCUT2D eigenvalue weighted by Gasteiger charge is -2.16. The fourth-order valence-corrected chi connectivity index (χ4v) is 5.18. The Morgan fingerprint density at radius 3 is 2.59 bits per heavy atom. The van der Waals surface area contributed by atoms with Crippen LogP contribution in [0, 0.1) is 0 Å². The molecule has 0 radical (unpaired) electrons. The predicted octanol–water partition coefficient (Wildman–Crippen LogP) is 4.99. The summed E-state index contributed by atoms with van der Waals surface area (Å²) in [7, 11) is 0. The van der Waals surface area contributed by atoms with Crippen LogP contribution in [-0.2, 0) is 11.3 Å². The van der Waals surface area contributed by atoms with Crippen LogP contribution in [0.1, 0.15) is 44.1 Å². The first kappa shape index (κ1) is 20.2. The van der Waals surface area contributed by atoms with Crippen molar-refractivity contribution in [2.75, 3.05) is 5.75 Å². The van der Waals surface area contributed by atoms with Crippen LogP contribution >= 0.6 is 23.1 Å². The van der Waals surface area contributed by atoms with Gasteiger partial charge < -0.3 is 5.32 Å². The molecule has 1 saturated carbocycles. The fourth-order valence-electron chi connectivity index (χ4n) is 3.72. The Kier molecular flexibility index (Phi) is 7.00. The van der Waals surface area contributed by atoms with E-state index in [2.05, 4.69) is 38.3 Å². The summed E-state index contributed by atoms with van der Waals surface area (Å²) in [5.74, 6) is 1.32. The molecule has 1 amide bonds. The van der Waals surface area contributed by atoms with Gasteiger partial charge in [0.25, 0.3) is 0 Å². The first-order chi connectivity index (χ1) is 14.3. The maximum atomic E-state index is 12.5. The lowest BCUT2D eigenvalue weighted by molar-refractivity contribution is -0.119. The van der Waals surface area contributed by atoms with Gasteiger partial charge in [0.15, 0.2) is 11.0 Å². The van der Waals surface area contributed by atoms with Gasteiger partial charge in [-0.3, -0.25) is 9.36 Å². The first-order valence-electron chi connectivity index (χ1n) is 10.2. The molecule has 7 heteroatoms. The Labute approximate surface area is 179 Å². The van der Waals surface area contributed by atoms with Gasteiger partial charge in [-0.05, 0) is 29.9 Å². The van der Waals surface area contributed by atoms with Gasteiger partial charge in [-0.1, -0.05) is 73.8 Å². The van der Waals surface area contributed by atoms with Gasteiger partial charge in [0.05, 0.1) is 17.2 Å². The van der Waals surface area contributed by atoms with E-state index in [0.717, 1.165) is 28.7 Å². The molecule has 1 aliphatic carbocycles. The van der Waals surface area contributed by atoms with E-state index in [9.17, 15) is 4.79 Å². The molecule has 0 atom stereocenters. The number of amides is 1. The zero-order chi connectivity index (χ0) is 19.9. The van der Waals surface area contributed by atoms with E-state index in [0.29, 0.717) is 18.3 Å². The van der Waals surface area contributed by atoms with E-state index in [1.165, 1.54) is 43.0 Å². The summed E-state index contributed by atoms with van der Waals surface area (Å²) < 4.78 is 2.12. The van der Waals surface area contributed by atoms with Crippen LogP contribution in [0.3, 0.4) is 0 Å². The van der Waals surface area contributed by atoms with Crippen LogP contribution in [0.2, 0.25) is 0 Å². The molecule has 1 aromatic carbocycles. The van der Waals surface area contributed by atoms with E-state index >= 15 is 0 Å². The second-order valence-corrected chi connectivity index (χ2v) is 9.29. The molecule has 152 valence electrons. The van der Waals surface area contributed by atoms with Crippen molar-refractivity contribution in [2.24, 2.45) is 0 Å².